The summed E-state index contributed by atoms with van der Waals surface area (Å²) in [4.78, 5) is 19.4. The molecular weight excluding hydrogens is 402 g/mol. The maximum atomic E-state index is 13.4. The lowest BCUT2D eigenvalue weighted by Gasteiger charge is -2.34. The lowest BCUT2D eigenvalue weighted by Crippen LogP contribution is -2.43. The summed E-state index contributed by atoms with van der Waals surface area (Å²) in [5, 5.41) is 0. The smallest absolute Gasteiger partial charge is 0.263 e. The molecule has 0 aliphatic carbocycles. The molecule has 0 radical (unpaired) electrons. The van der Waals surface area contributed by atoms with Gasteiger partial charge in [-0.15, -0.1) is 0 Å². The first-order chi connectivity index (χ1) is 14.5. The fourth-order valence-corrected chi connectivity index (χ4v) is 6.01. The van der Waals surface area contributed by atoms with Gasteiger partial charge in [-0.2, -0.15) is 4.31 Å². The van der Waals surface area contributed by atoms with Gasteiger partial charge in [-0.3, -0.25) is 9.69 Å². The Morgan fingerprint density at radius 1 is 1.17 bits per heavy atom. The number of hydrogen-bond donors (Lipinski definition) is 0. The Morgan fingerprint density at radius 2 is 2.00 bits per heavy atom. The van der Waals surface area contributed by atoms with E-state index < -0.39 is 10.0 Å². The van der Waals surface area contributed by atoms with Crippen molar-refractivity contribution in [3.8, 4) is 11.5 Å². The van der Waals surface area contributed by atoms with Crippen molar-refractivity contribution in [1.29, 1.82) is 0 Å². The molecule has 1 atom stereocenters. The number of pyridine rings is 1. The minimum atomic E-state index is -3.70. The van der Waals surface area contributed by atoms with Crippen LogP contribution in [0.1, 0.15) is 56.3 Å². The molecule has 0 N–H and O–H groups in total. The number of nitrogens with zero attached hydrogens (tertiary/aromatic N) is 3. The van der Waals surface area contributed by atoms with Crippen LogP contribution in [0.15, 0.2) is 41.4 Å². The molecule has 0 spiro atoms. The van der Waals surface area contributed by atoms with Gasteiger partial charge in [0.25, 0.3) is 5.91 Å². The molecule has 1 aromatic carbocycles. The number of amides is 1. The van der Waals surface area contributed by atoms with Gasteiger partial charge in [-0.25, -0.2) is 13.4 Å². The van der Waals surface area contributed by atoms with Crippen LogP contribution >= 0.6 is 0 Å². The van der Waals surface area contributed by atoms with E-state index in [1.807, 2.05) is 13.8 Å². The number of fused-ring (bicyclic) bond motifs is 2. The molecule has 1 aromatic heterocycles. The van der Waals surface area contributed by atoms with Gasteiger partial charge in [0.05, 0.1) is 10.5 Å². The van der Waals surface area contributed by atoms with E-state index in [1.165, 1.54) is 12.1 Å². The topological polar surface area (TPSA) is 79.8 Å². The zero-order valence-electron chi connectivity index (χ0n) is 17.4. The van der Waals surface area contributed by atoms with Gasteiger partial charge in [0, 0.05) is 25.3 Å². The second kappa shape index (κ2) is 8.35. The Bertz CT molecular complexity index is 1050. The number of hydrogen-bond acceptors (Lipinski definition) is 5. The zero-order valence-corrected chi connectivity index (χ0v) is 18.2. The molecule has 0 unspecified atom stereocenters. The molecule has 2 aliphatic rings. The SMILES string of the molecule is CCCN1C(=O)c2cc(S(=O)(=O)N3CCCC[C@@H]3CC)ccc2Oc2cccnc21. The molecule has 0 bridgehead atoms. The van der Waals surface area contributed by atoms with Crippen LogP contribution < -0.4 is 9.64 Å². The van der Waals surface area contributed by atoms with Crippen LogP contribution in [0.4, 0.5) is 5.82 Å². The average molecular weight is 430 g/mol. The first kappa shape index (κ1) is 20.8. The van der Waals surface area contributed by atoms with Crippen LogP contribution in [0.2, 0.25) is 0 Å². The van der Waals surface area contributed by atoms with Crippen LogP contribution in [0.3, 0.4) is 0 Å². The van der Waals surface area contributed by atoms with Crippen molar-refractivity contribution < 1.29 is 17.9 Å². The summed E-state index contributed by atoms with van der Waals surface area (Å²) in [6.07, 6.45) is 5.89. The van der Waals surface area contributed by atoms with Crippen molar-refractivity contribution in [3.63, 3.8) is 0 Å². The van der Waals surface area contributed by atoms with Crippen molar-refractivity contribution in [2.45, 2.75) is 56.9 Å². The highest BCUT2D eigenvalue weighted by Crippen LogP contribution is 2.39. The van der Waals surface area contributed by atoms with E-state index in [4.69, 9.17) is 4.74 Å². The van der Waals surface area contributed by atoms with Crippen molar-refractivity contribution in [3.05, 3.63) is 42.1 Å². The number of sulfonamides is 1. The number of benzene rings is 1. The minimum absolute atomic E-state index is 0.000411. The molecule has 2 aromatic rings. The molecule has 1 saturated heterocycles. The van der Waals surface area contributed by atoms with Gasteiger partial charge in [0.15, 0.2) is 11.6 Å². The van der Waals surface area contributed by atoms with Crippen LogP contribution in [0.5, 0.6) is 11.5 Å². The second-order valence-electron chi connectivity index (χ2n) is 7.72. The molecule has 2 aliphatic heterocycles. The monoisotopic (exact) mass is 429 g/mol. The summed E-state index contributed by atoms with van der Waals surface area (Å²) in [6, 6.07) is 8.09. The third-order valence-corrected chi connectivity index (χ3v) is 7.70. The number of piperidine rings is 1. The third kappa shape index (κ3) is 3.58. The molecule has 7 nitrogen and oxygen atoms in total. The number of anilines is 1. The van der Waals surface area contributed by atoms with E-state index in [1.54, 1.807) is 33.6 Å². The fourth-order valence-electron chi connectivity index (χ4n) is 4.22. The molecule has 8 heteroatoms. The average Bonchev–Trinajstić information content (AvgIpc) is 2.88. The molecule has 3 heterocycles. The first-order valence-electron chi connectivity index (χ1n) is 10.6. The van der Waals surface area contributed by atoms with E-state index in [9.17, 15) is 13.2 Å². The highest BCUT2D eigenvalue weighted by molar-refractivity contribution is 7.89. The van der Waals surface area contributed by atoms with Crippen molar-refractivity contribution >= 4 is 21.7 Å². The molecule has 1 amide bonds. The number of aromatic nitrogens is 1. The van der Waals surface area contributed by atoms with E-state index in [0.29, 0.717) is 30.4 Å². The van der Waals surface area contributed by atoms with Crippen molar-refractivity contribution in [2.75, 3.05) is 18.0 Å². The van der Waals surface area contributed by atoms with Crippen molar-refractivity contribution in [1.82, 2.24) is 9.29 Å². The summed E-state index contributed by atoms with van der Waals surface area (Å²) in [6.45, 7) is 4.97. The third-order valence-electron chi connectivity index (χ3n) is 5.75. The predicted molar refractivity (Wildman–Crippen MR) is 115 cm³/mol. The standard InChI is InChI=1S/C22H27N3O4S/c1-3-13-24-21-20(9-7-12-23-21)29-19-11-10-17(15-18(19)22(24)26)30(27,28)25-14-6-5-8-16(25)4-2/h7,9-12,15-16H,3-6,8,13-14H2,1-2H3/t16-/m0/s1. The summed E-state index contributed by atoms with van der Waals surface area (Å²) in [5.74, 6) is 0.979. The van der Waals surface area contributed by atoms with Crippen LogP contribution in [-0.2, 0) is 10.0 Å². The fraction of sp³-hybridized carbons (Fsp3) is 0.455. The largest absolute Gasteiger partial charge is 0.453 e. The van der Waals surface area contributed by atoms with E-state index in [2.05, 4.69) is 4.98 Å². The van der Waals surface area contributed by atoms with Gasteiger partial charge in [0.1, 0.15) is 5.75 Å². The molecular formula is C22H27N3O4S. The van der Waals surface area contributed by atoms with Crippen LogP contribution in [0.25, 0.3) is 0 Å². The Balaban J connectivity index is 1.77. The highest BCUT2D eigenvalue weighted by atomic mass is 32.2. The predicted octanol–water partition coefficient (Wildman–Crippen LogP) is 4.20. The maximum absolute atomic E-state index is 13.4. The highest BCUT2D eigenvalue weighted by Gasteiger charge is 2.35. The quantitative estimate of drug-likeness (QED) is 0.712. The number of carbonyl (C=O) groups excluding carboxylic acids is 1. The Kier molecular flexibility index (Phi) is 5.79. The van der Waals surface area contributed by atoms with Gasteiger partial charge < -0.3 is 4.74 Å². The van der Waals surface area contributed by atoms with Gasteiger partial charge in [0.2, 0.25) is 10.0 Å². The van der Waals surface area contributed by atoms with Gasteiger partial charge >= 0.3 is 0 Å². The normalized spacial score (nSPS) is 19.6. The molecule has 4 rings (SSSR count). The van der Waals surface area contributed by atoms with Gasteiger partial charge in [-0.1, -0.05) is 20.3 Å². The Labute approximate surface area is 177 Å². The van der Waals surface area contributed by atoms with Crippen LogP contribution in [0, 0.1) is 0 Å². The van der Waals surface area contributed by atoms with Crippen molar-refractivity contribution in [2.24, 2.45) is 0 Å². The Hall–Kier alpha value is -2.45. The summed E-state index contributed by atoms with van der Waals surface area (Å²) in [5.41, 5.74) is 0.243. The maximum Gasteiger partial charge on any atom is 0.263 e. The van der Waals surface area contributed by atoms with Gasteiger partial charge in [-0.05, 0) is 56.0 Å². The summed E-state index contributed by atoms with van der Waals surface area (Å²) >= 11 is 0. The summed E-state index contributed by atoms with van der Waals surface area (Å²) in [7, 11) is -3.70. The lowest BCUT2D eigenvalue weighted by atomic mass is 10.0. The minimum Gasteiger partial charge on any atom is -0.453 e. The molecule has 30 heavy (non-hydrogen) atoms. The van der Waals surface area contributed by atoms with E-state index in [0.717, 1.165) is 32.1 Å². The molecule has 0 saturated carbocycles. The first-order valence-corrected chi connectivity index (χ1v) is 12.0. The number of ether oxygens (including phenoxy) is 1. The zero-order chi connectivity index (χ0) is 21.3. The number of carbonyl (C=O) groups is 1. The van der Waals surface area contributed by atoms with E-state index in [-0.39, 0.29) is 22.4 Å². The molecule has 1 fully saturated rings. The molecule has 160 valence electrons. The second-order valence-corrected chi connectivity index (χ2v) is 9.61. The Morgan fingerprint density at radius 3 is 2.77 bits per heavy atom. The summed E-state index contributed by atoms with van der Waals surface area (Å²) < 4.78 is 34.4. The lowest BCUT2D eigenvalue weighted by molar-refractivity contribution is 0.0986. The number of rotatable bonds is 5. The van der Waals surface area contributed by atoms with E-state index >= 15 is 0 Å². The van der Waals surface area contributed by atoms with Crippen LogP contribution in [-0.4, -0.2) is 42.7 Å².